The number of phosphoric acid groups is 1. The van der Waals surface area contributed by atoms with Crippen LogP contribution in [0.25, 0.3) is 0 Å². The molecule has 0 amide bonds. The van der Waals surface area contributed by atoms with E-state index in [1.807, 2.05) is 0 Å². The van der Waals surface area contributed by atoms with Crippen LogP contribution in [0.3, 0.4) is 0 Å². The summed E-state index contributed by atoms with van der Waals surface area (Å²) in [5, 5.41) is 0. The third kappa shape index (κ3) is 9.31. The zero-order chi connectivity index (χ0) is 17.7. The van der Waals surface area contributed by atoms with Gasteiger partial charge in [-0.2, -0.15) is 26.3 Å². The zero-order valence-corrected chi connectivity index (χ0v) is 13.6. The number of rotatable bonds is 7. The van der Waals surface area contributed by atoms with Crippen molar-refractivity contribution in [1.29, 1.82) is 0 Å². The average molecular weight is 431 g/mol. The molecule has 4 nitrogen and oxygen atoms in total. The lowest BCUT2D eigenvalue weighted by Gasteiger charge is -2.19. The monoisotopic (exact) mass is 430 g/mol. The van der Waals surface area contributed by atoms with Crippen LogP contribution in [0, 0.1) is 0 Å². The van der Waals surface area contributed by atoms with E-state index in [-0.39, 0.29) is 0 Å². The molecular formula is C11H10BrF6O4P. The van der Waals surface area contributed by atoms with Gasteiger partial charge in [-0.1, -0.05) is 28.1 Å². The van der Waals surface area contributed by atoms with Crippen LogP contribution in [0.1, 0.15) is 5.56 Å². The summed E-state index contributed by atoms with van der Waals surface area (Å²) in [6.07, 6.45) is -9.81. The summed E-state index contributed by atoms with van der Waals surface area (Å²) in [6, 6.07) is 6.03. The molecule has 0 spiro atoms. The molecule has 0 aliphatic heterocycles. The van der Waals surface area contributed by atoms with Crippen molar-refractivity contribution < 1.29 is 44.5 Å². The van der Waals surface area contributed by atoms with Gasteiger partial charge in [0.15, 0.2) is 13.2 Å². The largest absolute Gasteiger partial charge is 0.475 e. The Labute approximate surface area is 135 Å². The van der Waals surface area contributed by atoms with Crippen LogP contribution in [0.15, 0.2) is 28.7 Å². The molecule has 0 aliphatic rings. The van der Waals surface area contributed by atoms with Crippen LogP contribution in [0.5, 0.6) is 0 Å². The molecule has 23 heavy (non-hydrogen) atoms. The first-order valence-corrected chi connectivity index (χ1v) is 8.05. The number of benzene rings is 1. The third-order valence-electron chi connectivity index (χ3n) is 2.08. The predicted octanol–water partition coefficient (Wildman–Crippen LogP) is 5.23. The molecule has 0 saturated heterocycles. The fraction of sp³-hybridized carbons (Fsp3) is 0.455. The molecule has 1 aromatic carbocycles. The summed E-state index contributed by atoms with van der Waals surface area (Å²) in [7, 11) is -5.04. The van der Waals surface area contributed by atoms with Crippen molar-refractivity contribution >= 4 is 23.8 Å². The number of halogens is 7. The second-order valence-electron chi connectivity index (χ2n) is 4.12. The Morgan fingerprint density at radius 1 is 0.870 bits per heavy atom. The van der Waals surface area contributed by atoms with Gasteiger partial charge < -0.3 is 0 Å². The van der Waals surface area contributed by atoms with Crippen molar-refractivity contribution in [3.05, 3.63) is 34.3 Å². The van der Waals surface area contributed by atoms with Gasteiger partial charge in [0.25, 0.3) is 0 Å². The Morgan fingerprint density at radius 3 is 1.70 bits per heavy atom. The highest BCUT2D eigenvalue weighted by atomic mass is 79.9. The molecule has 0 bridgehead atoms. The Bertz CT molecular complexity index is 523. The van der Waals surface area contributed by atoms with E-state index in [4.69, 9.17) is 0 Å². The van der Waals surface area contributed by atoms with Crippen molar-refractivity contribution in [1.82, 2.24) is 0 Å². The maximum atomic E-state index is 12.1. The van der Waals surface area contributed by atoms with Crippen LogP contribution in [-0.2, 0) is 24.7 Å². The topological polar surface area (TPSA) is 44.8 Å². The van der Waals surface area contributed by atoms with Crippen LogP contribution < -0.4 is 0 Å². The van der Waals surface area contributed by atoms with E-state index < -0.39 is 40.0 Å². The normalized spacial score (nSPS) is 13.3. The highest BCUT2D eigenvalue weighted by molar-refractivity contribution is 9.10. The van der Waals surface area contributed by atoms with Gasteiger partial charge in [-0.15, -0.1) is 0 Å². The van der Waals surface area contributed by atoms with Crippen molar-refractivity contribution in [2.75, 3.05) is 13.2 Å². The van der Waals surface area contributed by atoms with Gasteiger partial charge in [-0.3, -0.25) is 13.6 Å². The van der Waals surface area contributed by atoms with Gasteiger partial charge >= 0.3 is 20.2 Å². The molecule has 0 radical (unpaired) electrons. The smallest absolute Gasteiger partial charge is 0.282 e. The summed E-state index contributed by atoms with van der Waals surface area (Å²) >= 11 is 3.13. The summed E-state index contributed by atoms with van der Waals surface area (Å²) in [5.41, 5.74) is 0.347. The van der Waals surface area contributed by atoms with E-state index in [1.54, 1.807) is 12.1 Å². The molecule has 0 aliphatic carbocycles. The molecule has 0 atom stereocenters. The van der Waals surface area contributed by atoms with Gasteiger partial charge in [-0.05, 0) is 17.7 Å². The molecule has 1 aromatic rings. The van der Waals surface area contributed by atoms with Gasteiger partial charge in [0.05, 0.1) is 6.61 Å². The zero-order valence-electron chi connectivity index (χ0n) is 11.2. The maximum Gasteiger partial charge on any atom is 0.475 e. The molecule has 0 saturated carbocycles. The summed E-state index contributed by atoms with van der Waals surface area (Å²) in [4.78, 5) is 0. The van der Waals surface area contributed by atoms with Crippen LogP contribution in [-0.4, -0.2) is 25.6 Å². The maximum absolute atomic E-state index is 12.1. The highest BCUT2D eigenvalue weighted by Crippen LogP contribution is 2.52. The summed E-state index contributed by atoms with van der Waals surface area (Å²) in [5.74, 6) is 0. The number of alkyl halides is 6. The number of hydrogen-bond acceptors (Lipinski definition) is 4. The van der Waals surface area contributed by atoms with Crippen molar-refractivity contribution in [3.8, 4) is 0 Å². The molecule has 132 valence electrons. The first-order valence-electron chi connectivity index (χ1n) is 5.80. The minimum atomic E-state index is -5.04. The molecule has 0 N–H and O–H groups in total. The molecule has 0 fully saturated rings. The Hall–Kier alpha value is -0.610. The first kappa shape index (κ1) is 20.4. The molecule has 1 rings (SSSR count). The molecule has 0 aromatic heterocycles. The second-order valence-corrected chi connectivity index (χ2v) is 6.71. The Kier molecular flexibility index (Phi) is 7.09. The minimum Gasteiger partial charge on any atom is -0.282 e. The fourth-order valence-corrected chi connectivity index (χ4v) is 2.55. The van der Waals surface area contributed by atoms with E-state index in [1.165, 1.54) is 12.1 Å². The lowest BCUT2D eigenvalue weighted by atomic mass is 10.2. The second kappa shape index (κ2) is 7.98. The van der Waals surface area contributed by atoms with Crippen LogP contribution >= 0.6 is 23.8 Å². The Morgan fingerprint density at radius 2 is 1.30 bits per heavy atom. The molecule has 12 heteroatoms. The third-order valence-corrected chi connectivity index (χ3v) is 3.94. The summed E-state index contributed by atoms with van der Waals surface area (Å²) < 4.78 is 97.4. The van der Waals surface area contributed by atoms with Crippen molar-refractivity contribution in [3.63, 3.8) is 0 Å². The standard InChI is InChI=1S/C11H10BrF6O4P/c12-9-3-1-8(2-4-9)5-20-23(19,21-6-10(13,14)15)22-7-11(16,17)18/h1-4H,5-7H2. The van der Waals surface area contributed by atoms with E-state index in [9.17, 15) is 30.9 Å². The van der Waals surface area contributed by atoms with Crippen LogP contribution in [0.4, 0.5) is 26.3 Å². The van der Waals surface area contributed by atoms with Gasteiger partial charge in [0, 0.05) is 4.47 Å². The van der Waals surface area contributed by atoms with Crippen molar-refractivity contribution in [2.24, 2.45) is 0 Å². The van der Waals surface area contributed by atoms with E-state index in [0.29, 0.717) is 10.0 Å². The number of hydrogen-bond donors (Lipinski definition) is 0. The van der Waals surface area contributed by atoms with Crippen molar-refractivity contribution in [2.45, 2.75) is 19.0 Å². The molecular weight excluding hydrogens is 421 g/mol. The molecule has 0 unspecified atom stereocenters. The summed E-state index contributed by atoms with van der Waals surface area (Å²) in [6.45, 7) is -4.69. The minimum absolute atomic E-state index is 0.347. The quantitative estimate of drug-likeness (QED) is 0.438. The van der Waals surface area contributed by atoms with E-state index in [2.05, 4.69) is 29.5 Å². The molecule has 0 heterocycles. The first-order chi connectivity index (χ1) is 10.4. The fourth-order valence-electron chi connectivity index (χ4n) is 1.15. The lowest BCUT2D eigenvalue weighted by Crippen LogP contribution is -2.20. The predicted molar refractivity (Wildman–Crippen MR) is 70.6 cm³/mol. The Balaban J connectivity index is 2.73. The number of phosphoric ester groups is 1. The van der Waals surface area contributed by atoms with Gasteiger partial charge in [-0.25, -0.2) is 4.57 Å². The van der Waals surface area contributed by atoms with Crippen LogP contribution in [0.2, 0.25) is 0 Å². The highest BCUT2D eigenvalue weighted by Gasteiger charge is 2.39. The van der Waals surface area contributed by atoms with Gasteiger partial charge in [0.2, 0.25) is 0 Å². The average Bonchev–Trinajstić information content (AvgIpc) is 2.41. The van der Waals surface area contributed by atoms with E-state index >= 15 is 0 Å². The SMILES string of the molecule is O=P(OCc1ccc(Br)cc1)(OCC(F)(F)F)OCC(F)(F)F. The van der Waals surface area contributed by atoms with E-state index in [0.717, 1.165) is 0 Å². The van der Waals surface area contributed by atoms with Gasteiger partial charge in [0.1, 0.15) is 0 Å². The lowest BCUT2D eigenvalue weighted by molar-refractivity contribution is -0.170.